The van der Waals surface area contributed by atoms with Crippen molar-refractivity contribution in [2.45, 2.75) is 277 Å². The van der Waals surface area contributed by atoms with Gasteiger partial charge in [0, 0.05) is 13.0 Å². The van der Waals surface area contributed by atoms with E-state index in [9.17, 15) is 9.90 Å². The van der Waals surface area contributed by atoms with Crippen LogP contribution in [0.15, 0.2) is 0 Å². The molecule has 0 aromatic carbocycles. The third-order valence-electron chi connectivity index (χ3n) is 10.9. The molecule has 0 aliphatic rings. The summed E-state index contributed by atoms with van der Waals surface area (Å²) in [5, 5.41) is 9.61. The Hall–Kier alpha value is -0.610. The molecule has 0 aliphatic heterocycles. The Kier molecular flexibility index (Phi) is 45.0. The topological polar surface area (TPSA) is 55.8 Å². The molecule has 0 amide bonds. The molecule has 0 saturated heterocycles. The van der Waals surface area contributed by atoms with E-state index in [2.05, 4.69) is 13.8 Å². The maximum atomic E-state index is 12.2. The quantitative estimate of drug-likeness (QED) is 0.0502. The Morgan fingerprint density at radius 2 is 0.647 bits per heavy atom. The van der Waals surface area contributed by atoms with Crippen LogP contribution in [0.5, 0.6) is 0 Å². The van der Waals surface area contributed by atoms with E-state index < -0.39 is 6.10 Å². The van der Waals surface area contributed by atoms with Crippen molar-refractivity contribution < 1.29 is 19.4 Å². The molecule has 4 nitrogen and oxygen atoms in total. The van der Waals surface area contributed by atoms with E-state index in [1.165, 1.54) is 231 Å². The van der Waals surface area contributed by atoms with Crippen LogP contribution in [-0.2, 0) is 14.3 Å². The zero-order valence-corrected chi connectivity index (χ0v) is 35.2. The second-order valence-electron chi connectivity index (χ2n) is 16.2. The molecule has 1 atom stereocenters. The van der Waals surface area contributed by atoms with Crippen molar-refractivity contribution in [1.29, 1.82) is 0 Å². The van der Waals surface area contributed by atoms with Gasteiger partial charge in [-0.05, 0) is 12.8 Å². The molecule has 0 heterocycles. The number of carbonyl (C=O) groups excluding carboxylic acids is 1. The lowest BCUT2D eigenvalue weighted by atomic mass is 10.0. The van der Waals surface area contributed by atoms with Crippen molar-refractivity contribution in [3.05, 3.63) is 0 Å². The molecule has 1 N–H and O–H groups in total. The van der Waals surface area contributed by atoms with Crippen molar-refractivity contribution in [2.75, 3.05) is 19.8 Å². The van der Waals surface area contributed by atoms with Gasteiger partial charge in [0.05, 0.1) is 13.2 Å². The zero-order valence-electron chi connectivity index (χ0n) is 35.2. The maximum Gasteiger partial charge on any atom is 0.306 e. The van der Waals surface area contributed by atoms with Gasteiger partial charge in [-0.1, -0.05) is 251 Å². The van der Waals surface area contributed by atoms with Crippen molar-refractivity contribution in [1.82, 2.24) is 0 Å². The van der Waals surface area contributed by atoms with Crippen molar-refractivity contribution in [2.24, 2.45) is 0 Å². The fourth-order valence-corrected chi connectivity index (χ4v) is 7.39. The lowest BCUT2D eigenvalue weighted by molar-refractivity contribution is -0.154. The first-order chi connectivity index (χ1) is 25.2. The lowest BCUT2D eigenvalue weighted by Crippen LogP contribution is -2.27. The molecule has 0 bridgehead atoms. The zero-order chi connectivity index (χ0) is 37.0. The minimum atomic E-state index is -0.525. The predicted octanol–water partition coefficient (Wildman–Crippen LogP) is 15.6. The van der Waals surface area contributed by atoms with E-state index in [4.69, 9.17) is 9.47 Å². The highest BCUT2D eigenvalue weighted by atomic mass is 16.6. The van der Waals surface area contributed by atoms with Gasteiger partial charge in [0.1, 0.15) is 6.10 Å². The lowest BCUT2D eigenvalue weighted by Gasteiger charge is -2.16. The van der Waals surface area contributed by atoms with Crippen LogP contribution in [0.1, 0.15) is 271 Å². The fourth-order valence-electron chi connectivity index (χ4n) is 7.39. The SMILES string of the molecule is CCCCCCCCCCCCCCCCCCCCCCCCCCC(=O)OC(CO)COCCCCCCCCCCCCCCCCC. The second-order valence-corrected chi connectivity index (χ2v) is 16.2. The van der Waals surface area contributed by atoms with Crippen LogP contribution in [-0.4, -0.2) is 37.0 Å². The third-order valence-corrected chi connectivity index (χ3v) is 10.9. The van der Waals surface area contributed by atoms with E-state index in [1.54, 1.807) is 0 Å². The minimum absolute atomic E-state index is 0.163. The molecule has 0 saturated carbocycles. The molecular weight excluding hydrogens is 629 g/mol. The summed E-state index contributed by atoms with van der Waals surface area (Å²) in [5.74, 6) is -0.191. The van der Waals surface area contributed by atoms with Gasteiger partial charge in [-0.25, -0.2) is 0 Å². The summed E-state index contributed by atoms with van der Waals surface area (Å²) in [5.41, 5.74) is 0. The number of carbonyl (C=O) groups is 1. The number of ether oxygens (including phenoxy) is 2. The molecule has 1 unspecified atom stereocenters. The second kappa shape index (κ2) is 45.5. The van der Waals surface area contributed by atoms with Crippen molar-refractivity contribution >= 4 is 5.97 Å². The minimum Gasteiger partial charge on any atom is -0.457 e. The number of hydrogen-bond acceptors (Lipinski definition) is 4. The predicted molar refractivity (Wildman–Crippen MR) is 224 cm³/mol. The van der Waals surface area contributed by atoms with E-state index in [1.807, 2.05) is 0 Å². The van der Waals surface area contributed by atoms with Crippen LogP contribution in [0, 0.1) is 0 Å². The van der Waals surface area contributed by atoms with Crippen LogP contribution in [0.4, 0.5) is 0 Å². The van der Waals surface area contributed by atoms with Gasteiger partial charge in [-0.15, -0.1) is 0 Å². The van der Waals surface area contributed by atoms with Crippen LogP contribution < -0.4 is 0 Å². The number of hydrogen-bond donors (Lipinski definition) is 1. The summed E-state index contributed by atoms with van der Waals surface area (Å²) in [6.45, 7) is 5.41. The highest BCUT2D eigenvalue weighted by Crippen LogP contribution is 2.17. The molecule has 0 spiro atoms. The number of aliphatic hydroxyl groups is 1. The van der Waals surface area contributed by atoms with E-state index in [0.717, 1.165) is 19.3 Å². The van der Waals surface area contributed by atoms with E-state index in [-0.39, 0.29) is 12.6 Å². The summed E-state index contributed by atoms with van der Waals surface area (Å²) in [7, 11) is 0. The normalized spacial score (nSPS) is 12.1. The number of esters is 1. The monoisotopic (exact) mass is 723 g/mol. The summed E-state index contributed by atoms with van der Waals surface area (Å²) < 4.78 is 11.2. The molecular formula is C47H94O4. The molecule has 0 aromatic rings. The van der Waals surface area contributed by atoms with Crippen LogP contribution in [0.3, 0.4) is 0 Å². The Morgan fingerprint density at radius 1 is 0.392 bits per heavy atom. The van der Waals surface area contributed by atoms with Crippen LogP contribution in [0.2, 0.25) is 0 Å². The van der Waals surface area contributed by atoms with Gasteiger partial charge in [0.25, 0.3) is 0 Å². The standard InChI is InChI=1S/C47H94O4/c1-3-5-7-9-11-13-15-17-19-20-21-22-23-24-25-26-27-28-30-32-34-36-38-40-42-47(49)51-46(44-48)45-50-43-41-39-37-35-33-31-29-18-16-14-12-10-8-6-4-2/h46,48H,3-45H2,1-2H3. The van der Waals surface area contributed by atoms with Crippen molar-refractivity contribution in [3.63, 3.8) is 0 Å². The first-order valence-electron chi connectivity index (χ1n) is 23.6. The molecule has 0 aliphatic carbocycles. The Bertz CT molecular complexity index is 638. The molecule has 306 valence electrons. The van der Waals surface area contributed by atoms with Crippen LogP contribution >= 0.6 is 0 Å². The molecule has 0 rings (SSSR count). The Balaban J connectivity index is 3.32. The Morgan fingerprint density at radius 3 is 0.922 bits per heavy atom. The van der Waals surface area contributed by atoms with Crippen molar-refractivity contribution in [3.8, 4) is 0 Å². The summed E-state index contributed by atoms with van der Waals surface area (Å²) in [4.78, 5) is 12.2. The number of rotatable bonds is 45. The van der Waals surface area contributed by atoms with Gasteiger partial charge < -0.3 is 14.6 Å². The average molecular weight is 723 g/mol. The van der Waals surface area contributed by atoms with Crippen LogP contribution in [0.25, 0.3) is 0 Å². The molecule has 4 heteroatoms. The highest BCUT2D eigenvalue weighted by Gasteiger charge is 2.13. The summed E-state index contributed by atoms with van der Waals surface area (Å²) >= 11 is 0. The van der Waals surface area contributed by atoms with Gasteiger partial charge in [-0.2, -0.15) is 0 Å². The third kappa shape index (κ3) is 43.7. The first kappa shape index (κ1) is 50.4. The average Bonchev–Trinajstić information content (AvgIpc) is 3.14. The van der Waals surface area contributed by atoms with Gasteiger partial charge in [0.2, 0.25) is 0 Å². The van der Waals surface area contributed by atoms with Gasteiger partial charge in [0.15, 0.2) is 0 Å². The van der Waals surface area contributed by atoms with Gasteiger partial charge >= 0.3 is 5.97 Å². The molecule has 0 fully saturated rings. The largest absolute Gasteiger partial charge is 0.457 e. The molecule has 0 radical (unpaired) electrons. The Labute approximate surface area is 321 Å². The number of unbranched alkanes of at least 4 members (excludes halogenated alkanes) is 37. The maximum absolute atomic E-state index is 12.2. The number of aliphatic hydroxyl groups excluding tert-OH is 1. The summed E-state index contributed by atoms with van der Waals surface area (Å²) in [6.07, 6.45) is 53.2. The first-order valence-corrected chi connectivity index (χ1v) is 23.6. The van der Waals surface area contributed by atoms with E-state index >= 15 is 0 Å². The summed E-state index contributed by atoms with van der Waals surface area (Å²) in [6, 6.07) is 0. The fraction of sp³-hybridized carbons (Fsp3) is 0.979. The highest BCUT2D eigenvalue weighted by molar-refractivity contribution is 5.69. The molecule has 0 aromatic heterocycles. The molecule has 51 heavy (non-hydrogen) atoms. The van der Waals surface area contributed by atoms with E-state index in [0.29, 0.717) is 19.6 Å². The smallest absolute Gasteiger partial charge is 0.306 e. The van der Waals surface area contributed by atoms with Gasteiger partial charge in [-0.3, -0.25) is 4.79 Å².